The molecule has 0 fully saturated rings. The minimum atomic E-state index is -2.68. The fourth-order valence-electron chi connectivity index (χ4n) is 4.81. The maximum absolute atomic E-state index is 15.2. The number of nitrogens with one attached hydrogen (secondary N) is 1. The van der Waals surface area contributed by atoms with E-state index in [-0.39, 0.29) is 16.9 Å². The van der Waals surface area contributed by atoms with Crippen LogP contribution in [0.3, 0.4) is 0 Å². The molecule has 13 heteroatoms. The van der Waals surface area contributed by atoms with Gasteiger partial charge in [0.1, 0.15) is 23.2 Å². The molecular weight excluding hydrogens is 573 g/mol. The number of anilines is 2. The molecule has 10 nitrogen and oxygen atoms in total. The number of carbonyl (C=O) groups excluding carboxylic acids is 1. The molecule has 0 bridgehead atoms. The number of rotatable bonds is 4. The summed E-state index contributed by atoms with van der Waals surface area (Å²) in [6, 6.07) is 11.0. The van der Waals surface area contributed by atoms with Crippen LogP contribution in [0.4, 0.5) is 24.7 Å². The number of aldehydes is 1. The Balaban J connectivity index is 0.000000296. The Bertz CT molecular complexity index is 1910. The van der Waals surface area contributed by atoms with E-state index in [1.807, 2.05) is 57.0 Å². The van der Waals surface area contributed by atoms with Gasteiger partial charge in [-0.05, 0) is 52.1 Å². The van der Waals surface area contributed by atoms with E-state index < -0.39 is 12.1 Å². The summed E-state index contributed by atoms with van der Waals surface area (Å²) in [5, 5.41) is 15.4. The van der Waals surface area contributed by atoms with Crippen molar-refractivity contribution in [2.45, 2.75) is 39.3 Å². The Kier molecular flexibility index (Phi) is 8.66. The first-order valence-corrected chi connectivity index (χ1v) is 13.8. The first kappa shape index (κ1) is 30.7. The first-order chi connectivity index (χ1) is 21.0. The molecule has 0 saturated carbocycles. The minimum absolute atomic E-state index is 0.0532. The third kappa shape index (κ3) is 5.99. The van der Waals surface area contributed by atoms with Gasteiger partial charge in [-0.1, -0.05) is 24.0 Å². The SMILES string of the molecule is CNC(C)(C)C#Cc1cccc2c1COCCN2c1nc2nnc(C)n2c2cccc(F)c12.Cn1cc(C=O)c(C(F)F)n1. The van der Waals surface area contributed by atoms with Crippen LogP contribution >= 0.6 is 0 Å². The van der Waals surface area contributed by atoms with Gasteiger partial charge in [-0.15, -0.1) is 10.2 Å². The van der Waals surface area contributed by atoms with E-state index in [1.54, 1.807) is 10.5 Å². The predicted octanol–water partition coefficient (Wildman–Crippen LogP) is 4.91. The van der Waals surface area contributed by atoms with Crippen LogP contribution < -0.4 is 10.2 Å². The summed E-state index contributed by atoms with van der Waals surface area (Å²) >= 11 is 0. The van der Waals surface area contributed by atoms with Gasteiger partial charge in [-0.2, -0.15) is 10.1 Å². The van der Waals surface area contributed by atoms with Crippen molar-refractivity contribution in [3.63, 3.8) is 0 Å². The second-order valence-corrected chi connectivity index (χ2v) is 10.6. The fourth-order valence-corrected chi connectivity index (χ4v) is 4.81. The summed E-state index contributed by atoms with van der Waals surface area (Å²) < 4.78 is 48.1. The number of fused-ring (bicyclic) bond motifs is 4. The van der Waals surface area contributed by atoms with Gasteiger partial charge in [0.25, 0.3) is 12.2 Å². The van der Waals surface area contributed by atoms with Crippen LogP contribution in [0.25, 0.3) is 16.7 Å². The van der Waals surface area contributed by atoms with Crippen molar-refractivity contribution in [2.24, 2.45) is 7.05 Å². The van der Waals surface area contributed by atoms with Gasteiger partial charge in [0.15, 0.2) is 6.29 Å². The fraction of sp³-hybridized carbons (Fsp3) is 0.323. The molecule has 0 aliphatic carbocycles. The maximum atomic E-state index is 15.2. The second kappa shape index (κ2) is 12.4. The molecule has 44 heavy (non-hydrogen) atoms. The highest BCUT2D eigenvalue weighted by molar-refractivity contribution is 5.94. The monoisotopic (exact) mass is 604 g/mol. The number of aryl methyl sites for hydroxylation is 2. The zero-order valence-electron chi connectivity index (χ0n) is 24.9. The number of hydrogen-bond acceptors (Lipinski definition) is 8. The molecule has 6 rings (SSSR count). The predicted molar refractivity (Wildman–Crippen MR) is 160 cm³/mol. The van der Waals surface area contributed by atoms with Crippen molar-refractivity contribution in [1.29, 1.82) is 0 Å². The molecule has 5 aromatic rings. The van der Waals surface area contributed by atoms with E-state index in [4.69, 9.17) is 9.72 Å². The van der Waals surface area contributed by atoms with Gasteiger partial charge in [-0.3, -0.25) is 13.9 Å². The number of aromatic nitrogens is 6. The Labute approximate surface area is 251 Å². The lowest BCUT2D eigenvalue weighted by molar-refractivity contribution is 0.110. The smallest absolute Gasteiger partial charge is 0.282 e. The molecule has 0 radical (unpaired) electrons. The lowest BCUT2D eigenvalue weighted by atomic mass is 10.0. The Morgan fingerprint density at radius 2 is 1.93 bits per heavy atom. The van der Waals surface area contributed by atoms with Crippen LogP contribution in [-0.4, -0.2) is 61.4 Å². The molecule has 228 valence electrons. The summed E-state index contributed by atoms with van der Waals surface area (Å²) in [5.74, 6) is 7.83. The van der Waals surface area contributed by atoms with Gasteiger partial charge < -0.3 is 15.0 Å². The zero-order chi connectivity index (χ0) is 31.6. The normalized spacial score (nSPS) is 13.2. The molecule has 3 aromatic heterocycles. The van der Waals surface area contributed by atoms with E-state index in [1.165, 1.54) is 24.0 Å². The van der Waals surface area contributed by atoms with Crippen molar-refractivity contribution in [2.75, 3.05) is 25.1 Å². The Hall–Kier alpha value is -4.80. The van der Waals surface area contributed by atoms with E-state index >= 15 is 4.39 Å². The van der Waals surface area contributed by atoms with Crippen LogP contribution in [0, 0.1) is 24.6 Å². The summed E-state index contributed by atoms with van der Waals surface area (Å²) in [6.07, 6.45) is -1.06. The maximum Gasteiger partial charge on any atom is 0.282 e. The van der Waals surface area contributed by atoms with Crippen molar-refractivity contribution in [3.05, 3.63) is 76.6 Å². The topological polar surface area (TPSA) is 102 Å². The van der Waals surface area contributed by atoms with E-state index in [9.17, 15) is 13.6 Å². The number of hydrogen-bond donors (Lipinski definition) is 1. The van der Waals surface area contributed by atoms with Crippen molar-refractivity contribution < 1.29 is 22.7 Å². The molecule has 0 unspecified atom stereocenters. The number of alkyl halides is 2. The van der Waals surface area contributed by atoms with Crippen LogP contribution in [0.15, 0.2) is 42.6 Å². The first-order valence-electron chi connectivity index (χ1n) is 13.8. The molecule has 0 amide bonds. The molecule has 4 heterocycles. The number of halogens is 3. The zero-order valence-corrected chi connectivity index (χ0v) is 24.9. The highest BCUT2D eigenvalue weighted by Crippen LogP contribution is 2.37. The van der Waals surface area contributed by atoms with E-state index in [0.29, 0.717) is 54.4 Å². The van der Waals surface area contributed by atoms with Gasteiger partial charge in [0.2, 0.25) is 0 Å². The quantitative estimate of drug-likeness (QED) is 0.228. The van der Waals surface area contributed by atoms with Crippen molar-refractivity contribution >= 4 is 34.5 Å². The lowest BCUT2D eigenvalue weighted by Crippen LogP contribution is -2.34. The average molecular weight is 605 g/mol. The summed E-state index contributed by atoms with van der Waals surface area (Å²) in [5.41, 5.74) is 2.58. The lowest BCUT2D eigenvalue weighted by Gasteiger charge is -2.25. The molecule has 0 saturated heterocycles. The molecule has 1 aliphatic heterocycles. The van der Waals surface area contributed by atoms with Crippen LogP contribution in [0.2, 0.25) is 0 Å². The number of ether oxygens (including phenoxy) is 1. The van der Waals surface area contributed by atoms with Crippen LogP contribution in [0.5, 0.6) is 0 Å². The van der Waals surface area contributed by atoms with E-state index in [2.05, 4.69) is 32.5 Å². The third-order valence-electron chi connectivity index (χ3n) is 7.23. The Morgan fingerprint density at radius 3 is 2.64 bits per heavy atom. The van der Waals surface area contributed by atoms with Gasteiger partial charge in [0, 0.05) is 36.6 Å². The summed E-state index contributed by atoms with van der Waals surface area (Å²) in [6.45, 7) is 7.30. The largest absolute Gasteiger partial charge is 0.375 e. The van der Waals surface area contributed by atoms with Gasteiger partial charge >= 0.3 is 0 Å². The highest BCUT2D eigenvalue weighted by atomic mass is 19.3. The molecule has 0 atom stereocenters. The standard InChI is InChI=1S/C25H25FN6O.C6H6F2N2O/c1-16-29-30-24-28-23(22-19(26)8-6-10-21(22)32(16)24)31-13-14-33-15-18-17(7-5-9-20(18)31)11-12-25(2,3)27-4;1-10-2-4(3-11)5(9-10)6(7)8/h5-10,27H,13-15H2,1-4H3;2-3,6H,1H3. The molecular formula is C31H31F3N8O2. The van der Waals surface area contributed by atoms with Crippen LogP contribution in [0.1, 0.15) is 53.3 Å². The number of nitrogens with zero attached hydrogens (tertiary/aromatic N) is 7. The summed E-state index contributed by atoms with van der Waals surface area (Å²) in [7, 11) is 3.37. The minimum Gasteiger partial charge on any atom is -0.375 e. The molecule has 1 aliphatic rings. The third-order valence-corrected chi connectivity index (χ3v) is 7.23. The second-order valence-electron chi connectivity index (χ2n) is 10.6. The molecule has 0 spiro atoms. The number of carbonyl (C=O) groups is 1. The highest BCUT2D eigenvalue weighted by Gasteiger charge is 2.25. The average Bonchev–Trinajstić information content (AvgIpc) is 3.50. The summed E-state index contributed by atoms with van der Waals surface area (Å²) in [4.78, 5) is 16.9. The van der Waals surface area contributed by atoms with E-state index in [0.717, 1.165) is 16.8 Å². The van der Waals surface area contributed by atoms with Crippen molar-refractivity contribution in [3.8, 4) is 11.8 Å². The molecule has 2 aromatic carbocycles. The van der Waals surface area contributed by atoms with Gasteiger partial charge in [0.05, 0.1) is 35.2 Å². The van der Waals surface area contributed by atoms with Crippen LogP contribution in [-0.2, 0) is 18.4 Å². The Morgan fingerprint density at radius 1 is 1.16 bits per heavy atom. The van der Waals surface area contributed by atoms with Gasteiger partial charge in [-0.25, -0.2) is 13.2 Å². The number of benzene rings is 2. The molecule has 1 N–H and O–H groups in total. The van der Waals surface area contributed by atoms with Crippen molar-refractivity contribution in [1.82, 2.24) is 34.7 Å².